The number of piperidine rings is 1. The summed E-state index contributed by atoms with van der Waals surface area (Å²) < 4.78 is 0. The van der Waals surface area contributed by atoms with Crippen LogP contribution in [-0.2, 0) is 0 Å². The summed E-state index contributed by atoms with van der Waals surface area (Å²) in [6.07, 6.45) is 2.47. The minimum absolute atomic E-state index is 0.00557. The van der Waals surface area contributed by atoms with Crippen molar-refractivity contribution in [2.45, 2.75) is 33.6 Å². The monoisotopic (exact) mass is 225 g/mol. The Labute approximate surface area is 100 Å². The maximum Gasteiger partial charge on any atom is 0.101 e. The van der Waals surface area contributed by atoms with Gasteiger partial charge in [0.05, 0.1) is 0 Å². The molecule has 0 saturated carbocycles. The molecule has 16 heavy (non-hydrogen) atoms. The van der Waals surface area contributed by atoms with Gasteiger partial charge in [0.1, 0.15) is 5.84 Å². The minimum atomic E-state index is -0.00557. The van der Waals surface area contributed by atoms with E-state index in [9.17, 15) is 0 Å². The number of hydrogen-bond donors (Lipinski definition) is 1. The van der Waals surface area contributed by atoms with Crippen molar-refractivity contribution in [1.82, 2.24) is 9.80 Å². The lowest BCUT2D eigenvalue weighted by molar-refractivity contribution is 0.209. The summed E-state index contributed by atoms with van der Waals surface area (Å²) in [5.74, 6) is 1.62. The summed E-state index contributed by atoms with van der Waals surface area (Å²) in [5.41, 5.74) is -0.00557. The first-order valence-corrected chi connectivity index (χ1v) is 6.29. The first-order chi connectivity index (χ1) is 7.30. The maximum atomic E-state index is 8.16. The second kappa shape index (κ2) is 5.17. The Morgan fingerprint density at radius 2 is 1.75 bits per heavy atom. The van der Waals surface area contributed by atoms with Crippen molar-refractivity contribution in [3.05, 3.63) is 0 Å². The van der Waals surface area contributed by atoms with Crippen LogP contribution in [0.25, 0.3) is 0 Å². The molecule has 1 heterocycles. The van der Waals surface area contributed by atoms with Crippen molar-refractivity contribution >= 4 is 5.84 Å². The van der Waals surface area contributed by atoms with Gasteiger partial charge in [-0.15, -0.1) is 0 Å². The summed E-state index contributed by atoms with van der Waals surface area (Å²) in [6.45, 7) is 9.70. The molecule has 1 saturated heterocycles. The van der Waals surface area contributed by atoms with Crippen LogP contribution < -0.4 is 0 Å². The van der Waals surface area contributed by atoms with Crippen molar-refractivity contribution < 1.29 is 0 Å². The first kappa shape index (κ1) is 13.5. The van der Waals surface area contributed by atoms with Crippen LogP contribution in [0.4, 0.5) is 0 Å². The van der Waals surface area contributed by atoms with Crippen LogP contribution in [-0.4, -0.2) is 49.4 Å². The minimum Gasteiger partial charge on any atom is -0.360 e. The highest BCUT2D eigenvalue weighted by atomic mass is 15.2. The zero-order valence-electron chi connectivity index (χ0n) is 11.5. The summed E-state index contributed by atoms with van der Waals surface area (Å²) in [6, 6.07) is 0. The van der Waals surface area contributed by atoms with Gasteiger partial charge in [0.2, 0.25) is 0 Å². The quantitative estimate of drug-likeness (QED) is 0.577. The Balaban J connectivity index is 2.40. The number of hydrogen-bond acceptors (Lipinski definition) is 2. The molecule has 0 aromatic heterocycles. The predicted molar refractivity (Wildman–Crippen MR) is 70.0 cm³/mol. The van der Waals surface area contributed by atoms with Crippen LogP contribution in [0.1, 0.15) is 33.6 Å². The van der Waals surface area contributed by atoms with E-state index in [1.807, 2.05) is 0 Å². The van der Waals surface area contributed by atoms with E-state index in [2.05, 4.69) is 44.7 Å². The van der Waals surface area contributed by atoms with Gasteiger partial charge in [-0.1, -0.05) is 20.8 Å². The molecule has 94 valence electrons. The Morgan fingerprint density at radius 3 is 2.12 bits per heavy atom. The third-order valence-electron chi connectivity index (χ3n) is 3.26. The van der Waals surface area contributed by atoms with Crippen molar-refractivity contribution in [3.8, 4) is 0 Å². The summed E-state index contributed by atoms with van der Waals surface area (Å²) in [5, 5.41) is 8.16. The van der Waals surface area contributed by atoms with E-state index in [1.54, 1.807) is 0 Å². The molecular weight excluding hydrogens is 198 g/mol. The maximum absolute atomic E-state index is 8.16. The van der Waals surface area contributed by atoms with Crippen molar-refractivity contribution in [2.75, 3.05) is 33.7 Å². The van der Waals surface area contributed by atoms with Crippen LogP contribution in [0, 0.1) is 16.7 Å². The smallest absolute Gasteiger partial charge is 0.101 e. The Bertz CT molecular complexity index is 232. The molecule has 3 nitrogen and oxygen atoms in total. The van der Waals surface area contributed by atoms with E-state index in [1.165, 1.54) is 19.4 Å². The van der Waals surface area contributed by atoms with Gasteiger partial charge in [0, 0.05) is 25.0 Å². The molecule has 0 bridgehead atoms. The zero-order chi connectivity index (χ0) is 12.3. The van der Waals surface area contributed by atoms with Crippen molar-refractivity contribution in [3.63, 3.8) is 0 Å². The first-order valence-electron chi connectivity index (χ1n) is 6.29. The van der Waals surface area contributed by atoms with Gasteiger partial charge >= 0.3 is 0 Å². The molecule has 1 aliphatic heterocycles. The largest absolute Gasteiger partial charge is 0.360 e. The van der Waals surface area contributed by atoms with Gasteiger partial charge in [0.25, 0.3) is 0 Å². The number of nitrogens with one attached hydrogen (secondary N) is 1. The molecule has 1 rings (SSSR count). The number of rotatable bonds is 2. The lowest BCUT2D eigenvalue weighted by Gasteiger charge is -2.38. The fourth-order valence-electron chi connectivity index (χ4n) is 2.33. The van der Waals surface area contributed by atoms with Crippen LogP contribution >= 0.6 is 0 Å². The average molecular weight is 225 g/mol. The normalized spacial score (nSPS) is 19.2. The molecule has 0 atom stereocenters. The summed E-state index contributed by atoms with van der Waals surface area (Å²) in [7, 11) is 4.28. The van der Waals surface area contributed by atoms with Gasteiger partial charge < -0.3 is 9.80 Å². The molecule has 0 aromatic carbocycles. The fraction of sp³-hybridized carbons (Fsp3) is 0.923. The molecule has 0 aliphatic carbocycles. The van der Waals surface area contributed by atoms with Gasteiger partial charge in [0.15, 0.2) is 0 Å². The van der Waals surface area contributed by atoms with Crippen LogP contribution in [0.15, 0.2) is 0 Å². The van der Waals surface area contributed by atoms with Gasteiger partial charge in [-0.25, -0.2) is 0 Å². The highest BCUT2D eigenvalue weighted by molar-refractivity contribution is 5.84. The van der Waals surface area contributed by atoms with Crippen molar-refractivity contribution in [1.29, 1.82) is 5.41 Å². The number of amidine groups is 1. The van der Waals surface area contributed by atoms with Crippen LogP contribution in [0.5, 0.6) is 0 Å². The van der Waals surface area contributed by atoms with Gasteiger partial charge in [-0.2, -0.15) is 0 Å². The van der Waals surface area contributed by atoms with Crippen LogP contribution in [0.2, 0.25) is 0 Å². The predicted octanol–water partition coefficient (Wildman–Crippen LogP) is 2.28. The van der Waals surface area contributed by atoms with E-state index in [0.717, 1.165) is 24.8 Å². The van der Waals surface area contributed by atoms with Crippen molar-refractivity contribution in [2.24, 2.45) is 11.3 Å². The third kappa shape index (κ3) is 3.78. The van der Waals surface area contributed by atoms with E-state index < -0.39 is 0 Å². The van der Waals surface area contributed by atoms with Crippen LogP contribution in [0.3, 0.4) is 0 Å². The molecule has 0 aromatic rings. The van der Waals surface area contributed by atoms with E-state index in [4.69, 9.17) is 5.41 Å². The van der Waals surface area contributed by atoms with Gasteiger partial charge in [-0.3, -0.25) is 5.41 Å². The molecule has 0 spiro atoms. The Kier molecular flexibility index (Phi) is 4.36. The third-order valence-corrected chi connectivity index (χ3v) is 3.26. The van der Waals surface area contributed by atoms with Gasteiger partial charge in [-0.05, 0) is 32.9 Å². The molecule has 0 unspecified atom stereocenters. The molecule has 1 fully saturated rings. The topological polar surface area (TPSA) is 30.3 Å². The fourth-order valence-corrected chi connectivity index (χ4v) is 2.33. The molecular formula is C13H27N3. The Morgan fingerprint density at radius 1 is 1.25 bits per heavy atom. The molecule has 0 amide bonds. The molecule has 1 aliphatic rings. The summed E-state index contributed by atoms with van der Waals surface area (Å²) in [4.78, 5) is 4.53. The summed E-state index contributed by atoms with van der Waals surface area (Å²) >= 11 is 0. The number of nitrogens with zero attached hydrogens (tertiary/aromatic N) is 2. The van der Waals surface area contributed by atoms with E-state index >= 15 is 0 Å². The molecule has 3 heteroatoms. The second-order valence-electron chi connectivity index (χ2n) is 6.29. The molecule has 1 N–H and O–H groups in total. The number of likely N-dealkylation sites (tertiary alicyclic amines) is 1. The Hall–Kier alpha value is -0.570. The van der Waals surface area contributed by atoms with E-state index in [-0.39, 0.29) is 5.41 Å². The highest BCUT2D eigenvalue weighted by Gasteiger charge is 2.27. The lowest BCUT2D eigenvalue weighted by atomic mass is 9.90. The average Bonchev–Trinajstić information content (AvgIpc) is 2.15. The standard InChI is InChI=1S/C13H27N3/c1-13(2,3)12(14)16-8-6-11(7-9-16)10-15(4)5/h11,14H,6-10H2,1-5H3. The zero-order valence-corrected chi connectivity index (χ0v) is 11.5. The second-order valence-corrected chi connectivity index (χ2v) is 6.29. The lowest BCUT2D eigenvalue weighted by Crippen LogP contribution is -2.44. The molecule has 0 radical (unpaired) electrons. The highest BCUT2D eigenvalue weighted by Crippen LogP contribution is 2.23. The SMILES string of the molecule is CN(C)CC1CCN(C(=N)C(C)(C)C)CC1. The van der Waals surface area contributed by atoms with E-state index in [0.29, 0.717) is 0 Å².